The van der Waals surface area contributed by atoms with Crippen molar-refractivity contribution in [2.75, 3.05) is 4.90 Å². The fraction of sp³-hybridized carbons (Fsp3) is 0. The smallest absolute Gasteiger partial charge is 0.298 e. The van der Waals surface area contributed by atoms with Crippen molar-refractivity contribution in [1.82, 2.24) is 0 Å². The van der Waals surface area contributed by atoms with E-state index in [0.29, 0.717) is 27.3 Å². The molecule has 0 atom stereocenters. The van der Waals surface area contributed by atoms with Gasteiger partial charge in [0.25, 0.3) is 11.1 Å². The van der Waals surface area contributed by atoms with Crippen LogP contribution in [0.4, 0.5) is 10.5 Å². The molecular weight excluding hydrogens is 485 g/mol. The first-order valence-electron chi connectivity index (χ1n) is 8.01. The van der Waals surface area contributed by atoms with Crippen LogP contribution in [-0.4, -0.2) is 11.1 Å². The fourth-order valence-corrected chi connectivity index (χ4v) is 4.02. The highest BCUT2D eigenvalue weighted by atomic mass is 79.9. The maximum atomic E-state index is 12.7. The van der Waals surface area contributed by atoms with Crippen LogP contribution in [0.1, 0.15) is 5.76 Å². The zero-order valence-electron chi connectivity index (χ0n) is 14.0. The van der Waals surface area contributed by atoms with E-state index in [9.17, 15) is 9.59 Å². The molecule has 0 bridgehead atoms. The van der Waals surface area contributed by atoms with Crippen LogP contribution in [0.15, 0.2) is 68.4 Å². The number of carbonyl (C=O) groups is 2. The molecule has 1 fully saturated rings. The summed E-state index contributed by atoms with van der Waals surface area (Å²) in [6, 6.07) is 15.5. The summed E-state index contributed by atoms with van der Waals surface area (Å²) in [7, 11) is 0. The standard InChI is InChI=1S/C20H10BrCl2NO3S/c21-15-7-1-11(9-16(15)23)17-8-6-14(27-17)10-18-19(25)24(20(26)28-18)13-4-2-12(22)3-5-13/h1-10H/b18-10+. The van der Waals surface area contributed by atoms with Gasteiger partial charge in [-0.25, -0.2) is 4.90 Å². The van der Waals surface area contributed by atoms with Gasteiger partial charge in [-0.2, -0.15) is 0 Å². The number of rotatable bonds is 3. The third-order valence-corrected chi connectivity index (χ3v) is 6.34. The van der Waals surface area contributed by atoms with Crippen molar-refractivity contribution in [3.05, 3.63) is 79.8 Å². The molecule has 0 aliphatic carbocycles. The molecule has 0 spiro atoms. The number of nitrogens with zero attached hydrogens (tertiary/aromatic N) is 1. The number of hydrogen-bond donors (Lipinski definition) is 0. The van der Waals surface area contributed by atoms with Crippen molar-refractivity contribution < 1.29 is 14.0 Å². The quantitative estimate of drug-likeness (QED) is 0.359. The summed E-state index contributed by atoms with van der Waals surface area (Å²) in [5.74, 6) is 0.676. The topological polar surface area (TPSA) is 50.5 Å². The van der Waals surface area contributed by atoms with Crippen LogP contribution in [0, 0.1) is 0 Å². The molecule has 3 aromatic rings. The number of imide groups is 1. The zero-order chi connectivity index (χ0) is 19.8. The van der Waals surface area contributed by atoms with Gasteiger partial charge in [-0.05, 0) is 76.2 Å². The minimum absolute atomic E-state index is 0.287. The number of amides is 2. The summed E-state index contributed by atoms with van der Waals surface area (Å²) < 4.78 is 6.60. The summed E-state index contributed by atoms with van der Waals surface area (Å²) in [5.41, 5.74) is 1.28. The maximum Gasteiger partial charge on any atom is 0.298 e. The van der Waals surface area contributed by atoms with Crippen LogP contribution >= 0.6 is 50.9 Å². The van der Waals surface area contributed by atoms with E-state index in [-0.39, 0.29) is 10.1 Å². The number of halogens is 3. The van der Waals surface area contributed by atoms with Crippen molar-refractivity contribution in [1.29, 1.82) is 0 Å². The molecule has 4 nitrogen and oxygen atoms in total. The minimum atomic E-state index is -0.401. The summed E-state index contributed by atoms with van der Waals surface area (Å²) in [4.78, 5) is 26.4. The van der Waals surface area contributed by atoms with Crippen molar-refractivity contribution in [3.8, 4) is 11.3 Å². The fourth-order valence-electron chi connectivity index (χ4n) is 2.64. The minimum Gasteiger partial charge on any atom is -0.457 e. The van der Waals surface area contributed by atoms with Gasteiger partial charge in [0.2, 0.25) is 0 Å². The van der Waals surface area contributed by atoms with E-state index in [1.807, 2.05) is 12.1 Å². The SMILES string of the molecule is O=C1S/C(=C/c2ccc(-c3ccc(Br)c(Cl)c3)o2)C(=O)N1c1ccc(Cl)cc1. The highest BCUT2D eigenvalue weighted by molar-refractivity contribution is 9.10. The molecule has 0 unspecified atom stereocenters. The second-order valence-electron chi connectivity index (χ2n) is 5.82. The molecule has 1 aliphatic heterocycles. The molecule has 0 radical (unpaired) electrons. The number of hydrogen-bond acceptors (Lipinski definition) is 4. The molecule has 1 aliphatic rings. The van der Waals surface area contributed by atoms with Crippen LogP contribution in [0.3, 0.4) is 0 Å². The Morgan fingerprint density at radius 2 is 1.75 bits per heavy atom. The van der Waals surface area contributed by atoms with Gasteiger partial charge in [-0.3, -0.25) is 9.59 Å². The Kier molecular flexibility index (Phi) is 5.38. The molecule has 4 rings (SSSR count). The molecule has 140 valence electrons. The third-order valence-electron chi connectivity index (χ3n) is 3.98. The van der Waals surface area contributed by atoms with Gasteiger partial charge in [-0.1, -0.05) is 29.3 Å². The lowest BCUT2D eigenvalue weighted by atomic mass is 10.2. The van der Waals surface area contributed by atoms with Gasteiger partial charge in [0, 0.05) is 21.1 Å². The lowest BCUT2D eigenvalue weighted by Crippen LogP contribution is -2.27. The van der Waals surface area contributed by atoms with E-state index in [1.165, 1.54) is 0 Å². The summed E-state index contributed by atoms with van der Waals surface area (Å²) >= 11 is 16.2. The molecule has 2 heterocycles. The Morgan fingerprint density at radius 1 is 1.00 bits per heavy atom. The zero-order valence-corrected chi connectivity index (χ0v) is 17.9. The molecule has 28 heavy (non-hydrogen) atoms. The van der Waals surface area contributed by atoms with Crippen LogP contribution in [0.25, 0.3) is 17.4 Å². The molecular formula is C20H10BrCl2NO3S. The van der Waals surface area contributed by atoms with E-state index in [4.69, 9.17) is 27.6 Å². The Bertz CT molecular complexity index is 1120. The Labute approximate surface area is 183 Å². The summed E-state index contributed by atoms with van der Waals surface area (Å²) in [6.45, 7) is 0. The van der Waals surface area contributed by atoms with Gasteiger partial charge in [0.15, 0.2) is 0 Å². The number of anilines is 1. The van der Waals surface area contributed by atoms with Crippen molar-refractivity contribution >= 4 is 73.8 Å². The molecule has 1 aromatic heterocycles. The first kappa shape index (κ1) is 19.3. The number of thioether (sulfide) groups is 1. The Morgan fingerprint density at radius 3 is 2.46 bits per heavy atom. The van der Waals surface area contributed by atoms with Gasteiger partial charge in [0.1, 0.15) is 11.5 Å². The average Bonchev–Trinajstić information content (AvgIpc) is 3.24. The average molecular weight is 495 g/mol. The molecule has 2 amide bonds. The second kappa shape index (κ2) is 7.79. The van der Waals surface area contributed by atoms with Gasteiger partial charge < -0.3 is 4.42 Å². The van der Waals surface area contributed by atoms with E-state index in [1.54, 1.807) is 48.5 Å². The molecule has 2 aromatic carbocycles. The lowest BCUT2D eigenvalue weighted by molar-refractivity contribution is -0.113. The third kappa shape index (κ3) is 3.78. The van der Waals surface area contributed by atoms with Crippen molar-refractivity contribution in [3.63, 3.8) is 0 Å². The highest BCUT2D eigenvalue weighted by Gasteiger charge is 2.36. The number of benzene rings is 2. The molecule has 1 saturated heterocycles. The Hall–Kier alpha value is -1.99. The predicted molar refractivity (Wildman–Crippen MR) is 117 cm³/mol. The highest BCUT2D eigenvalue weighted by Crippen LogP contribution is 2.37. The molecule has 0 N–H and O–H groups in total. The molecule has 8 heteroatoms. The van der Waals surface area contributed by atoms with Gasteiger partial charge in [0.05, 0.1) is 15.6 Å². The maximum absolute atomic E-state index is 12.7. The monoisotopic (exact) mass is 493 g/mol. The van der Waals surface area contributed by atoms with Crippen molar-refractivity contribution in [2.24, 2.45) is 0 Å². The van der Waals surface area contributed by atoms with Gasteiger partial charge in [-0.15, -0.1) is 0 Å². The van der Waals surface area contributed by atoms with Crippen molar-refractivity contribution in [2.45, 2.75) is 0 Å². The first-order chi connectivity index (χ1) is 13.4. The lowest BCUT2D eigenvalue weighted by Gasteiger charge is -2.11. The Balaban J connectivity index is 1.60. The van der Waals surface area contributed by atoms with E-state index in [2.05, 4.69) is 15.9 Å². The van der Waals surface area contributed by atoms with E-state index in [0.717, 1.165) is 26.7 Å². The number of carbonyl (C=O) groups excluding carboxylic acids is 2. The van der Waals surface area contributed by atoms with Crippen LogP contribution in [0.2, 0.25) is 10.0 Å². The van der Waals surface area contributed by atoms with Crippen LogP contribution in [-0.2, 0) is 4.79 Å². The normalized spacial score (nSPS) is 15.7. The van der Waals surface area contributed by atoms with Crippen LogP contribution in [0.5, 0.6) is 0 Å². The van der Waals surface area contributed by atoms with Crippen LogP contribution < -0.4 is 4.90 Å². The number of furan rings is 1. The largest absolute Gasteiger partial charge is 0.457 e. The van der Waals surface area contributed by atoms with Gasteiger partial charge >= 0.3 is 0 Å². The predicted octanol–water partition coefficient (Wildman–Crippen LogP) is 7.26. The van der Waals surface area contributed by atoms with E-state index < -0.39 is 5.91 Å². The van der Waals surface area contributed by atoms with E-state index >= 15 is 0 Å². The summed E-state index contributed by atoms with van der Waals surface area (Å²) in [5, 5.41) is 0.729. The molecule has 0 saturated carbocycles. The summed E-state index contributed by atoms with van der Waals surface area (Å²) in [6.07, 6.45) is 1.56. The first-order valence-corrected chi connectivity index (χ1v) is 10.4. The second-order valence-corrected chi connectivity index (χ2v) is 8.52.